The van der Waals surface area contributed by atoms with Gasteiger partial charge in [-0.3, -0.25) is 0 Å². The maximum atomic E-state index is 2.47. The van der Waals surface area contributed by atoms with Gasteiger partial charge in [0, 0.05) is 62.4 Å². The quantitative estimate of drug-likeness (QED) is 0.158. The van der Waals surface area contributed by atoms with Gasteiger partial charge in [0.15, 0.2) is 0 Å². The van der Waals surface area contributed by atoms with Gasteiger partial charge in [-0.1, -0.05) is 133 Å². The second-order valence-electron chi connectivity index (χ2n) is 15.2. The molecule has 0 spiro atoms. The molecule has 264 valence electrons. The van der Waals surface area contributed by atoms with Gasteiger partial charge in [-0.15, -0.1) is 22.7 Å². The van der Waals surface area contributed by atoms with E-state index in [1.54, 1.807) is 0 Å². The Balaban J connectivity index is 1.12. The zero-order valence-electron chi connectivity index (χ0n) is 30.7. The molecule has 0 aliphatic rings. The van der Waals surface area contributed by atoms with Crippen molar-refractivity contribution in [3.8, 4) is 27.9 Å². The van der Waals surface area contributed by atoms with Gasteiger partial charge < -0.3 is 4.57 Å². The largest absolute Gasteiger partial charge is 0.309 e. The van der Waals surface area contributed by atoms with Crippen LogP contribution in [0.4, 0.5) is 0 Å². The molecule has 0 amide bonds. The number of hydrogen-bond donors (Lipinski definition) is 0. The van der Waals surface area contributed by atoms with Crippen molar-refractivity contribution in [1.82, 2.24) is 4.57 Å². The summed E-state index contributed by atoms with van der Waals surface area (Å²) in [5.41, 5.74) is 8.73. The molecule has 0 aliphatic carbocycles. The average molecular weight is 758 g/mol. The van der Waals surface area contributed by atoms with Crippen LogP contribution in [0.2, 0.25) is 0 Å². The van der Waals surface area contributed by atoms with Crippen molar-refractivity contribution < 1.29 is 0 Å². The fraction of sp³-hybridized carbons (Fsp3) is 0. The first kappa shape index (κ1) is 31.4. The van der Waals surface area contributed by atoms with E-state index in [1.807, 2.05) is 22.7 Å². The number of hydrogen-bond acceptors (Lipinski definition) is 2. The molecular weight excluding hydrogens is 727 g/mol. The SMILES string of the molecule is c1ccc(-n2c3ccccc3c3cc(-c4c5ccccc5c(-c5cc6ccccc6c6c5sc5cc7sc8ccccc8c7cc56)c5ccccc45)ccc32)cc1. The molecule has 1 nitrogen and oxygen atoms in total. The first-order chi connectivity index (χ1) is 28.3. The lowest BCUT2D eigenvalue weighted by Gasteiger charge is -2.19. The summed E-state index contributed by atoms with van der Waals surface area (Å²) in [6, 6.07) is 70.0. The molecule has 3 heteroatoms. The van der Waals surface area contributed by atoms with E-state index < -0.39 is 0 Å². The Bertz CT molecular complexity index is 3750. The van der Waals surface area contributed by atoms with Crippen molar-refractivity contribution >= 4 is 117 Å². The molecule has 0 saturated carbocycles. The number of benzene rings is 10. The van der Waals surface area contributed by atoms with Crippen molar-refractivity contribution in [2.45, 2.75) is 0 Å². The molecule has 13 aromatic rings. The Morgan fingerprint density at radius 3 is 1.70 bits per heavy atom. The number of nitrogens with zero attached hydrogens (tertiary/aromatic N) is 1. The molecule has 0 N–H and O–H groups in total. The van der Waals surface area contributed by atoms with Crippen molar-refractivity contribution in [2.75, 3.05) is 0 Å². The van der Waals surface area contributed by atoms with Crippen molar-refractivity contribution in [1.29, 1.82) is 0 Å². The molecule has 0 bridgehead atoms. The summed E-state index contributed by atoms with van der Waals surface area (Å²) in [4.78, 5) is 0. The fourth-order valence-corrected chi connectivity index (χ4v) is 12.2. The van der Waals surface area contributed by atoms with Gasteiger partial charge in [0.25, 0.3) is 0 Å². The van der Waals surface area contributed by atoms with Crippen LogP contribution in [-0.4, -0.2) is 4.57 Å². The topological polar surface area (TPSA) is 4.93 Å². The maximum Gasteiger partial charge on any atom is 0.0541 e. The molecule has 3 aromatic heterocycles. The fourth-order valence-electron chi connectivity index (χ4n) is 9.74. The van der Waals surface area contributed by atoms with Crippen LogP contribution in [-0.2, 0) is 0 Å². The Morgan fingerprint density at radius 1 is 0.333 bits per heavy atom. The van der Waals surface area contributed by atoms with E-state index >= 15 is 0 Å². The first-order valence-corrected chi connectivity index (χ1v) is 21.1. The predicted molar refractivity (Wildman–Crippen MR) is 250 cm³/mol. The molecule has 10 aromatic carbocycles. The lowest BCUT2D eigenvalue weighted by atomic mass is 9.85. The summed E-state index contributed by atoms with van der Waals surface area (Å²) in [5, 5.41) is 15.6. The van der Waals surface area contributed by atoms with Crippen molar-refractivity contribution in [3.05, 3.63) is 188 Å². The molecule has 0 fully saturated rings. The summed E-state index contributed by atoms with van der Waals surface area (Å²) in [5.74, 6) is 0. The molecule has 57 heavy (non-hydrogen) atoms. The van der Waals surface area contributed by atoms with Crippen LogP contribution in [0.5, 0.6) is 0 Å². The number of fused-ring (bicyclic) bond motifs is 13. The molecule has 13 rings (SSSR count). The van der Waals surface area contributed by atoms with Crippen LogP contribution in [0.15, 0.2) is 188 Å². The molecule has 3 heterocycles. The Labute approximate surface area is 335 Å². The maximum absolute atomic E-state index is 2.47. The smallest absolute Gasteiger partial charge is 0.0541 e. The zero-order chi connectivity index (χ0) is 37.2. The highest BCUT2D eigenvalue weighted by Gasteiger charge is 2.22. The van der Waals surface area contributed by atoms with E-state index in [0.29, 0.717) is 0 Å². The Kier molecular flexibility index (Phi) is 6.54. The van der Waals surface area contributed by atoms with Gasteiger partial charge in [0.05, 0.1) is 11.0 Å². The average Bonchev–Trinajstić information content (AvgIpc) is 3.94. The van der Waals surface area contributed by atoms with Crippen LogP contribution >= 0.6 is 22.7 Å². The zero-order valence-corrected chi connectivity index (χ0v) is 32.3. The standard InChI is InChI=1S/C54H31NS2/c1-2-15-34(16-3-1)55-46-24-12-10-18-36(46)42-29-33(26-27-47(42)55)51-38-20-6-8-22-40(38)52(41-23-9-7-21-39(41)51)45-28-32-14-4-5-17-35(32)53-44-30-43-37-19-11-13-25-48(37)56-49(43)31-50(44)57-54(45)53/h1-31H. The summed E-state index contributed by atoms with van der Waals surface area (Å²) in [7, 11) is 0. The van der Waals surface area contributed by atoms with E-state index in [9.17, 15) is 0 Å². The van der Waals surface area contributed by atoms with E-state index in [0.717, 1.165) is 0 Å². The highest BCUT2D eigenvalue weighted by molar-refractivity contribution is 7.28. The number of para-hydroxylation sites is 2. The normalized spacial score (nSPS) is 12.2. The molecular formula is C54H31NS2. The highest BCUT2D eigenvalue weighted by atomic mass is 32.1. The number of thiophene rings is 2. The third-order valence-corrected chi connectivity index (χ3v) is 14.5. The van der Waals surface area contributed by atoms with Crippen molar-refractivity contribution in [2.24, 2.45) is 0 Å². The Morgan fingerprint density at radius 2 is 0.930 bits per heavy atom. The van der Waals surface area contributed by atoms with Crippen LogP contribution in [0.1, 0.15) is 0 Å². The molecule has 0 unspecified atom stereocenters. The second-order valence-corrected chi connectivity index (χ2v) is 17.3. The Hall–Kier alpha value is -6.78. The van der Waals surface area contributed by atoms with Crippen LogP contribution in [0.3, 0.4) is 0 Å². The van der Waals surface area contributed by atoms with E-state index in [-0.39, 0.29) is 0 Å². The van der Waals surface area contributed by atoms with Crippen molar-refractivity contribution in [3.63, 3.8) is 0 Å². The van der Waals surface area contributed by atoms with Gasteiger partial charge in [-0.05, 0) is 104 Å². The van der Waals surface area contributed by atoms with Crippen LogP contribution < -0.4 is 0 Å². The molecule has 0 radical (unpaired) electrons. The lowest BCUT2D eigenvalue weighted by molar-refractivity contribution is 1.18. The molecule has 0 saturated heterocycles. The van der Waals surface area contributed by atoms with Gasteiger partial charge in [-0.2, -0.15) is 0 Å². The summed E-state index contributed by atoms with van der Waals surface area (Å²) in [6.07, 6.45) is 0. The highest BCUT2D eigenvalue weighted by Crippen LogP contribution is 2.51. The third kappa shape index (κ3) is 4.44. The third-order valence-electron chi connectivity index (χ3n) is 12.1. The van der Waals surface area contributed by atoms with E-state index in [1.165, 1.54) is 122 Å². The molecule has 0 aliphatic heterocycles. The minimum atomic E-state index is 1.17. The van der Waals surface area contributed by atoms with Crippen LogP contribution in [0, 0.1) is 0 Å². The first-order valence-electron chi connectivity index (χ1n) is 19.5. The number of rotatable bonds is 3. The van der Waals surface area contributed by atoms with E-state index in [4.69, 9.17) is 0 Å². The summed E-state index contributed by atoms with van der Waals surface area (Å²) < 4.78 is 7.79. The van der Waals surface area contributed by atoms with E-state index in [2.05, 4.69) is 193 Å². The lowest BCUT2D eigenvalue weighted by Crippen LogP contribution is -1.93. The summed E-state index contributed by atoms with van der Waals surface area (Å²) in [6.45, 7) is 0. The van der Waals surface area contributed by atoms with Gasteiger partial charge in [0.1, 0.15) is 0 Å². The number of aromatic nitrogens is 1. The van der Waals surface area contributed by atoms with Crippen LogP contribution in [0.25, 0.3) is 122 Å². The van der Waals surface area contributed by atoms with Gasteiger partial charge >= 0.3 is 0 Å². The van der Waals surface area contributed by atoms with Gasteiger partial charge in [0.2, 0.25) is 0 Å². The predicted octanol–water partition coefficient (Wildman–Crippen LogP) is 16.3. The summed E-state index contributed by atoms with van der Waals surface area (Å²) >= 11 is 3.85. The van der Waals surface area contributed by atoms with Gasteiger partial charge in [-0.25, -0.2) is 0 Å². The minimum absolute atomic E-state index is 1.17. The minimum Gasteiger partial charge on any atom is -0.309 e. The monoisotopic (exact) mass is 757 g/mol. The molecule has 0 atom stereocenters. The second kappa shape index (κ2) is 11.9.